The van der Waals surface area contributed by atoms with Crippen molar-refractivity contribution in [2.24, 2.45) is 0 Å². The van der Waals surface area contributed by atoms with Crippen LogP contribution in [0.2, 0.25) is 0 Å². The van der Waals surface area contributed by atoms with Crippen molar-refractivity contribution in [2.75, 3.05) is 13.6 Å². The number of halogens is 2. The Bertz CT molecular complexity index is 337. The number of rotatable bonds is 4. The molecule has 0 unspecified atom stereocenters. The molecule has 15 heavy (non-hydrogen) atoms. The summed E-state index contributed by atoms with van der Waals surface area (Å²) in [5.74, 6) is -0.383. The van der Waals surface area contributed by atoms with Crippen molar-refractivity contribution in [3.05, 3.63) is 34.1 Å². The van der Waals surface area contributed by atoms with Crippen molar-refractivity contribution in [3.63, 3.8) is 0 Å². The minimum atomic E-state index is -0.291. The van der Waals surface area contributed by atoms with E-state index in [2.05, 4.69) is 26.6 Å². The van der Waals surface area contributed by atoms with Gasteiger partial charge in [0.25, 0.3) is 0 Å². The first-order valence-electron chi connectivity index (χ1n) is 4.48. The molecular formula is C10H12BrFN2O. The Hall–Kier alpha value is -0.940. The zero-order valence-corrected chi connectivity index (χ0v) is 9.90. The highest BCUT2D eigenvalue weighted by molar-refractivity contribution is 9.10. The van der Waals surface area contributed by atoms with Crippen LogP contribution in [0, 0.1) is 5.82 Å². The van der Waals surface area contributed by atoms with Gasteiger partial charge in [0.2, 0.25) is 5.91 Å². The van der Waals surface area contributed by atoms with Gasteiger partial charge in [0.15, 0.2) is 0 Å². The molecule has 0 aliphatic carbocycles. The van der Waals surface area contributed by atoms with E-state index in [1.54, 1.807) is 13.1 Å². The third-order valence-corrected chi connectivity index (χ3v) is 2.27. The third-order valence-electron chi connectivity index (χ3n) is 1.82. The van der Waals surface area contributed by atoms with Gasteiger partial charge in [0.05, 0.1) is 6.54 Å². The highest BCUT2D eigenvalue weighted by Gasteiger charge is 2.00. The van der Waals surface area contributed by atoms with E-state index in [-0.39, 0.29) is 18.3 Å². The van der Waals surface area contributed by atoms with E-state index in [4.69, 9.17) is 0 Å². The second-order valence-electron chi connectivity index (χ2n) is 3.05. The van der Waals surface area contributed by atoms with Crippen LogP contribution in [0.4, 0.5) is 4.39 Å². The first-order chi connectivity index (χ1) is 7.11. The summed E-state index contributed by atoms with van der Waals surface area (Å²) in [6.45, 7) is 0.689. The van der Waals surface area contributed by atoms with Gasteiger partial charge < -0.3 is 10.6 Å². The van der Waals surface area contributed by atoms with E-state index in [1.165, 1.54) is 12.1 Å². The van der Waals surface area contributed by atoms with E-state index in [9.17, 15) is 9.18 Å². The Morgan fingerprint density at radius 1 is 1.47 bits per heavy atom. The smallest absolute Gasteiger partial charge is 0.233 e. The topological polar surface area (TPSA) is 41.1 Å². The molecule has 3 nitrogen and oxygen atoms in total. The molecular weight excluding hydrogens is 263 g/mol. The van der Waals surface area contributed by atoms with Gasteiger partial charge in [-0.3, -0.25) is 4.79 Å². The maximum Gasteiger partial charge on any atom is 0.233 e. The maximum absolute atomic E-state index is 12.9. The average Bonchev–Trinajstić information content (AvgIpc) is 2.16. The van der Waals surface area contributed by atoms with Gasteiger partial charge in [-0.1, -0.05) is 15.9 Å². The second kappa shape index (κ2) is 5.82. The van der Waals surface area contributed by atoms with Crippen molar-refractivity contribution in [1.82, 2.24) is 10.6 Å². The average molecular weight is 275 g/mol. The fraction of sp³-hybridized carbons (Fsp3) is 0.300. The van der Waals surface area contributed by atoms with Gasteiger partial charge in [-0.25, -0.2) is 4.39 Å². The number of carbonyl (C=O) groups excluding carboxylic acids is 1. The molecule has 5 heteroatoms. The normalized spacial score (nSPS) is 10.1. The molecule has 0 atom stereocenters. The lowest BCUT2D eigenvalue weighted by Crippen LogP contribution is -2.30. The maximum atomic E-state index is 12.9. The quantitative estimate of drug-likeness (QED) is 0.872. The van der Waals surface area contributed by atoms with Gasteiger partial charge in [0, 0.05) is 18.1 Å². The highest BCUT2D eigenvalue weighted by atomic mass is 79.9. The van der Waals surface area contributed by atoms with Gasteiger partial charge in [-0.2, -0.15) is 0 Å². The van der Waals surface area contributed by atoms with Crippen LogP contribution in [-0.4, -0.2) is 19.5 Å². The fourth-order valence-electron chi connectivity index (χ4n) is 1.12. The van der Waals surface area contributed by atoms with Gasteiger partial charge in [-0.15, -0.1) is 0 Å². The summed E-state index contributed by atoms with van der Waals surface area (Å²) >= 11 is 3.20. The molecule has 0 aliphatic rings. The van der Waals surface area contributed by atoms with Crippen LogP contribution in [0.1, 0.15) is 5.56 Å². The van der Waals surface area contributed by atoms with Gasteiger partial charge in [0.1, 0.15) is 5.82 Å². The summed E-state index contributed by atoms with van der Waals surface area (Å²) in [5, 5.41) is 5.40. The Kier molecular flexibility index (Phi) is 4.71. The summed E-state index contributed by atoms with van der Waals surface area (Å²) in [5.41, 5.74) is 0.797. The summed E-state index contributed by atoms with van der Waals surface area (Å²) in [4.78, 5) is 10.9. The number of nitrogens with one attached hydrogen (secondary N) is 2. The summed E-state index contributed by atoms with van der Waals surface area (Å²) < 4.78 is 13.6. The van der Waals surface area contributed by atoms with Crippen LogP contribution in [0.25, 0.3) is 0 Å². The molecule has 0 bridgehead atoms. The first-order valence-corrected chi connectivity index (χ1v) is 5.27. The molecule has 2 N–H and O–H groups in total. The molecule has 0 fully saturated rings. The molecule has 0 aliphatic heterocycles. The molecule has 0 heterocycles. The summed E-state index contributed by atoms with van der Waals surface area (Å²) in [7, 11) is 1.57. The van der Waals surface area contributed by atoms with Crippen molar-refractivity contribution in [1.29, 1.82) is 0 Å². The zero-order valence-electron chi connectivity index (χ0n) is 8.31. The number of hydrogen-bond acceptors (Lipinski definition) is 2. The van der Waals surface area contributed by atoms with Crippen molar-refractivity contribution in [2.45, 2.75) is 6.54 Å². The molecule has 0 radical (unpaired) electrons. The minimum absolute atomic E-state index is 0.0922. The molecule has 1 amide bonds. The van der Waals surface area contributed by atoms with Gasteiger partial charge >= 0.3 is 0 Å². The standard InChI is InChI=1S/C10H12BrFN2O/c1-13-10(15)6-14-5-7-2-8(11)4-9(12)3-7/h2-4,14H,5-6H2,1H3,(H,13,15). The Labute approximate surface area is 96.2 Å². The predicted octanol–water partition coefficient (Wildman–Crippen LogP) is 1.42. The Balaban J connectivity index is 2.47. The molecule has 1 rings (SSSR count). The number of benzene rings is 1. The van der Waals surface area contributed by atoms with E-state index >= 15 is 0 Å². The Morgan fingerprint density at radius 2 is 2.20 bits per heavy atom. The van der Waals surface area contributed by atoms with Crippen molar-refractivity contribution in [3.8, 4) is 0 Å². The SMILES string of the molecule is CNC(=O)CNCc1cc(F)cc(Br)c1. The van der Waals surface area contributed by atoms with Crippen LogP contribution < -0.4 is 10.6 Å². The number of likely N-dealkylation sites (N-methyl/N-ethyl adjacent to an activating group) is 1. The van der Waals surface area contributed by atoms with Crippen LogP contribution in [0.5, 0.6) is 0 Å². The van der Waals surface area contributed by atoms with E-state index in [0.29, 0.717) is 11.0 Å². The van der Waals surface area contributed by atoms with Crippen LogP contribution in [-0.2, 0) is 11.3 Å². The predicted molar refractivity (Wildman–Crippen MR) is 59.9 cm³/mol. The lowest BCUT2D eigenvalue weighted by Gasteiger charge is -2.04. The molecule has 0 aromatic heterocycles. The molecule has 1 aromatic rings. The molecule has 0 saturated carbocycles. The fourth-order valence-corrected chi connectivity index (χ4v) is 1.63. The number of hydrogen-bond donors (Lipinski definition) is 2. The number of carbonyl (C=O) groups is 1. The van der Waals surface area contributed by atoms with Crippen LogP contribution in [0.15, 0.2) is 22.7 Å². The Morgan fingerprint density at radius 3 is 2.80 bits per heavy atom. The van der Waals surface area contributed by atoms with Crippen molar-refractivity contribution < 1.29 is 9.18 Å². The molecule has 0 saturated heterocycles. The molecule has 82 valence electrons. The first kappa shape index (κ1) is 12.1. The largest absolute Gasteiger partial charge is 0.358 e. The lowest BCUT2D eigenvalue weighted by molar-refractivity contribution is -0.119. The minimum Gasteiger partial charge on any atom is -0.358 e. The van der Waals surface area contributed by atoms with Crippen molar-refractivity contribution >= 4 is 21.8 Å². The second-order valence-corrected chi connectivity index (χ2v) is 3.97. The molecule has 0 spiro atoms. The van der Waals surface area contributed by atoms with E-state index in [1.807, 2.05) is 0 Å². The van der Waals surface area contributed by atoms with Crippen LogP contribution >= 0.6 is 15.9 Å². The zero-order chi connectivity index (χ0) is 11.3. The van der Waals surface area contributed by atoms with Gasteiger partial charge in [-0.05, 0) is 23.8 Å². The highest BCUT2D eigenvalue weighted by Crippen LogP contribution is 2.14. The van der Waals surface area contributed by atoms with E-state index in [0.717, 1.165) is 5.56 Å². The molecule has 1 aromatic carbocycles. The van der Waals surface area contributed by atoms with E-state index < -0.39 is 0 Å². The number of amides is 1. The summed E-state index contributed by atoms with van der Waals surface area (Å²) in [6, 6.07) is 4.63. The third kappa shape index (κ3) is 4.40. The lowest BCUT2D eigenvalue weighted by atomic mass is 10.2. The summed E-state index contributed by atoms with van der Waals surface area (Å²) in [6.07, 6.45) is 0. The monoisotopic (exact) mass is 274 g/mol. The van der Waals surface area contributed by atoms with Crippen LogP contribution in [0.3, 0.4) is 0 Å².